The fourth-order valence-electron chi connectivity index (χ4n) is 3.46. The normalized spacial score (nSPS) is 11.7. The van der Waals surface area contributed by atoms with Gasteiger partial charge in [-0.15, -0.1) is 11.3 Å². The maximum Gasteiger partial charge on any atom is 0.263 e. The van der Waals surface area contributed by atoms with E-state index in [0.717, 1.165) is 34.0 Å². The summed E-state index contributed by atoms with van der Waals surface area (Å²) in [6.45, 7) is 5.70. The average molecular weight is 481 g/mol. The molecule has 11 heteroatoms. The molecule has 168 valence electrons. The van der Waals surface area contributed by atoms with Crippen LogP contribution >= 0.6 is 11.3 Å². The largest absolute Gasteiger partial charge is 0.360 e. The molecule has 0 aliphatic rings. The second kappa shape index (κ2) is 8.01. The minimum Gasteiger partial charge on any atom is -0.360 e. The number of nitrogens with zero attached hydrogens (tertiary/aromatic N) is 4. The van der Waals surface area contributed by atoms with Gasteiger partial charge in [0.05, 0.1) is 16.3 Å². The number of thiazole rings is 1. The summed E-state index contributed by atoms with van der Waals surface area (Å²) in [5.74, 6) is 0.659. The average Bonchev–Trinajstić information content (AvgIpc) is 3.46. The standard InChI is InChI=1S/C22H20N6O3S2/c1-13-8-9-28-20(10-13)23-15(3)21(28)18-12-32-22(25-18)24-16-4-6-17(7-5-16)33(29,30)27-19-11-14(2)31-26-19/h4-12H,1-3H3,(H,24,25)(H,26,27). The third-order valence-electron chi connectivity index (χ3n) is 4.99. The number of aromatic nitrogens is 4. The Morgan fingerprint density at radius 2 is 1.82 bits per heavy atom. The lowest BCUT2D eigenvalue weighted by molar-refractivity contribution is 0.400. The van der Waals surface area contributed by atoms with Crippen LogP contribution in [0.2, 0.25) is 0 Å². The molecule has 5 rings (SSSR count). The molecular formula is C22H20N6O3S2. The topological polar surface area (TPSA) is 114 Å². The van der Waals surface area contributed by atoms with Gasteiger partial charge < -0.3 is 9.84 Å². The monoisotopic (exact) mass is 480 g/mol. The van der Waals surface area contributed by atoms with Crippen molar-refractivity contribution in [1.29, 1.82) is 0 Å². The van der Waals surface area contributed by atoms with Gasteiger partial charge in [-0.2, -0.15) is 0 Å². The molecule has 0 aliphatic heterocycles. The maximum absolute atomic E-state index is 12.5. The van der Waals surface area contributed by atoms with Crippen molar-refractivity contribution in [2.75, 3.05) is 10.0 Å². The van der Waals surface area contributed by atoms with Gasteiger partial charge in [0.1, 0.15) is 17.1 Å². The van der Waals surface area contributed by atoms with E-state index in [9.17, 15) is 8.42 Å². The Morgan fingerprint density at radius 1 is 1.03 bits per heavy atom. The van der Waals surface area contributed by atoms with Crippen molar-refractivity contribution in [2.45, 2.75) is 25.7 Å². The molecule has 0 atom stereocenters. The van der Waals surface area contributed by atoms with E-state index in [-0.39, 0.29) is 10.7 Å². The summed E-state index contributed by atoms with van der Waals surface area (Å²) in [6.07, 6.45) is 2.00. The maximum atomic E-state index is 12.5. The summed E-state index contributed by atoms with van der Waals surface area (Å²) in [4.78, 5) is 9.47. The van der Waals surface area contributed by atoms with Gasteiger partial charge in [0.15, 0.2) is 10.9 Å². The first-order valence-corrected chi connectivity index (χ1v) is 12.4. The van der Waals surface area contributed by atoms with Crippen LogP contribution in [0.25, 0.3) is 17.0 Å². The predicted molar refractivity (Wildman–Crippen MR) is 128 cm³/mol. The van der Waals surface area contributed by atoms with Crippen LogP contribution in [-0.4, -0.2) is 27.9 Å². The first-order chi connectivity index (χ1) is 15.8. The summed E-state index contributed by atoms with van der Waals surface area (Å²) in [7, 11) is -3.77. The first-order valence-electron chi connectivity index (χ1n) is 10.0. The van der Waals surface area contributed by atoms with Gasteiger partial charge in [0.2, 0.25) is 0 Å². The van der Waals surface area contributed by atoms with Crippen LogP contribution in [0.3, 0.4) is 0 Å². The zero-order valence-corrected chi connectivity index (χ0v) is 19.7. The highest BCUT2D eigenvalue weighted by Crippen LogP contribution is 2.30. The Balaban J connectivity index is 1.35. The Hall–Kier alpha value is -3.70. The molecule has 0 saturated carbocycles. The van der Waals surface area contributed by atoms with E-state index < -0.39 is 10.0 Å². The number of imidazole rings is 1. The minimum absolute atomic E-state index is 0.116. The second-order valence-corrected chi connectivity index (χ2v) is 10.1. The third kappa shape index (κ3) is 4.20. The number of hydrogen-bond donors (Lipinski definition) is 2. The molecule has 0 amide bonds. The van der Waals surface area contributed by atoms with Crippen molar-refractivity contribution in [1.82, 2.24) is 19.5 Å². The van der Waals surface area contributed by atoms with Crippen molar-refractivity contribution in [3.8, 4) is 11.4 Å². The third-order valence-corrected chi connectivity index (χ3v) is 7.11. The Bertz CT molecular complexity index is 1570. The van der Waals surface area contributed by atoms with Crippen LogP contribution in [0, 0.1) is 20.8 Å². The molecule has 0 bridgehead atoms. The molecule has 0 saturated heterocycles. The van der Waals surface area contributed by atoms with Gasteiger partial charge >= 0.3 is 0 Å². The quantitative estimate of drug-likeness (QED) is 0.355. The Labute approximate surface area is 194 Å². The van der Waals surface area contributed by atoms with E-state index in [1.807, 2.05) is 42.0 Å². The number of fused-ring (bicyclic) bond motifs is 1. The molecule has 0 radical (unpaired) electrons. The zero-order valence-electron chi connectivity index (χ0n) is 18.0. The first kappa shape index (κ1) is 21.2. The van der Waals surface area contributed by atoms with E-state index in [2.05, 4.69) is 20.2 Å². The van der Waals surface area contributed by atoms with Crippen molar-refractivity contribution in [3.05, 3.63) is 71.1 Å². The molecule has 4 heterocycles. The van der Waals surface area contributed by atoms with Gasteiger partial charge in [0.25, 0.3) is 10.0 Å². The Kier molecular flexibility index (Phi) is 5.14. The van der Waals surface area contributed by atoms with Crippen LogP contribution in [0.5, 0.6) is 0 Å². The van der Waals surface area contributed by atoms with Crippen molar-refractivity contribution >= 4 is 43.6 Å². The number of rotatable bonds is 6. The number of benzene rings is 1. The lowest BCUT2D eigenvalue weighted by atomic mass is 10.2. The summed E-state index contributed by atoms with van der Waals surface area (Å²) in [5.41, 5.74) is 5.43. The number of anilines is 3. The molecule has 0 aliphatic carbocycles. The highest BCUT2D eigenvalue weighted by atomic mass is 32.2. The van der Waals surface area contributed by atoms with Gasteiger partial charge in [-0.25, -0.2) is 18.4 Å². The van der Waals surface area contributed by atoms with Gasteiger partial charge in [-0.05, 0) is 62.7 Å². The van der Waals surface area contributed by atoms with Crippen LogP contribution in [0.1, 0.15) is 17.0 Å². The lowest BCUT2D eigenvalue weighted by Gasteiger charge is -2.07. The molecule has 2 N–H and O–H groups in total. The number of sulfonamides is 1. The van der Waals surface area contributed by atoms with E-state index in [1.54, 1.807) is 19.1 Å². The van der Waals surface area contributed by atoms with Gasteiger partial charge in [-0.3, -0.25) is 9.12 Å². The second-order valence-electron chi connectivity index (χ2n) is 7.59. The van der Waals surface area contributed by atoms with E-state index in [4.69, 9.17) is 9.51 Å². The highest BCUT2D eigenvalue weighted by Gasteiger charge is 2.17. The van der Waals surface area contributed by atoms with Crippen LogP contribution in [0.4, 0.5) is 16.6 Å². The minimum atomic E-state index is -3.77. The number of pyridine rings is 1. The van der Waals surface area contributed by atoms with Crippen molar-refractivity contribution in [2.24, 2.45) is 0 Å². The molecular weight excluding hydrogens is 460 g/mol. The highest BCUT2D eigenvalue weighted by molar-refractivity contribution is 7.92. The number of hydrogen-bond acceptors (Lipinski definition) is 8. The van der Waals surface area contributed by atoms with Crippen LogP contribution in [-0.2, 0) is 10.0 Å². The molecule has 33 heavy (non-hydrogen) atoms. The summed E-state index contributed by atoms with van der Waals surface area (Å²) in [5, 5.41) is 9.56. The van der Waals surface area contributed by atoms with Crippen molar-refractivity contribution < 1.29 is 12.9 Å². The molecule has 4 aromatic heterocycles. The van der Waals surface area contributed by atoms with Gasteiger partial charge in [-0.1, -0.05) is 5.16 Å². The predicted octanol–water partition coefficient (Wildman–Crippen LogP) is 4.92. The lowest BCUT2D eigenvalue weighted by Crippen LogP contribution is -2.13. The molecule has 9 nitrogen and oxygen atoms in total. The zero-order chi connectivity index (χ0) is 23.2. The smallest absolute Gasteiger partial charge is 0.263 e. The summed E-state index contributed by atoms with van der Waals surface area (Å²) >= 11 is 1.46. The molecule has 0 fully saturated rings. The van der Waals surface area contributed by atoms with E-state index >= 15 is 0 Å². The fourth-order valence-corrected chi connectivity index (χ4v) is 5.16. The number of aryl methyl sites for hydroxylation is 3. The van der Waals surface area contributed by atoms with E-state index in [0.29, 0.717) is 10.9 Å². The number of nitrogens with one attached hydrogen (secondary N) is 2. The molecule has 0 spiro atoms. The van der Waals surface area contributed by atoms with Crippen molar-refractivity contribution in [3.63, 3.8) is 0 Å². The molecule has 5 aromatic rings. The van der Waals surface area contributed by atoms with Crippen LogP contribution in [0.15, 0.2) is 63.5 Å². The van der Waals surface area contributed by atoms with Gasteiger partial charge in [0, 0.05) is 23.3 Å². The van der Waals surface area contributed by atoms with Crippen LogP contribution < -0.4 is 10.0 Å². The SMILES string of the molecule is Cc1ccn2c(-c3csc(Nc4ccc(S(=O)(=O)Nc5cc(C)on5)cc4)n3)c(C)nc2c1. The fraction of sp³-hybridized carbons (Fsp3) is 0.136. The summed E-state index contributed by atoms with van der Waals surface area (Å²) in [6, 6.07) is 12.0. The molecule has 0 unspecified atom stereocenters. The Morgan fingerprint density at radius 3 is 2.55 bits per heavy atom. The van der Waals surface area contributed by atoms with E-state index in [1.165, 1.54) is 29.5 Å². The summed E-state index contributed by atoms with van der Waals surface area (Å²) < 4.78 is 34.4. The molecule has 1 aromatic carbocycles.